The first kappa shape index (κ1) is 88.9. The maximum atomic E-state index is 10.6. The fourth-order valence-corrected chi connectivity index (χ4v) is 11.5. The molecule has 0 spiro atoms. The van der Waals surface area contributed by atoms with Gasteiger partial charge in [0.05, 0.1) is 52.8 Å². The molecule has 0 bridgehead atoms. The number of thioether (sulfide) groups is 4. The summed E-state index contributed by atoms with van der Waals surface area (Å²) >= 11 is 6.25. The molecule has 0 radical (unpaired) electrons. The number of hydrogen-bond acceptors (Lipinski definition) is 12. The fourth-order valence-electron chi connectivity index (χ4n) is 7.98. The predicted octanol–water partition coefficient (Wildman–Crippen LogP) is 18.4. The van der Waals surface area contributed by atoms with E-state index in [9.17, 15) is 19.2 Å². The van der Waals surface area contributed by atoms with E-state index in [0.717, 1.165) is 48.7 Å². The van der Waals surface area contributed by atoms with Crippen LogP contribution in [0.25, 0.3) is 0 Å². The Morgan fingerprint density at radius 1 is 0.259 bits per heavy atom. The van der Waals surface area contributed by atoms with E-state index in [1.807, 2.05) is 0 Å². The van der Waals surface area contributed by atoms with Gasteiger partial charge in [0.2, 0.25) is 0 Å². The Kier molecular flexibility index (Phi) is 80.5. The highest BCUT2D eigenvalue weighted by atomic mass is 32.2. The summed E-state index contributed by atoms with van der Waals surface area (Å²) in [6, 6.07) is 0. The number of unbranched alkanes of at least 4 members (excludes halogenated alkanes) is 36. The van der Waals surface area contributed by atoms with Gasteiger partial charge >= 0.3 is 23.9 Å². The second kappa shape index (κ2) is 73.4. The van der Waals surface area contributed by atoms with Crippen molar-refractivity contribution in [3.05, 3.63) is 0 Å². The largest absolute Gasteiger partial charge is 0.480 e. The number of hydrogen-bond donors (Lipinski definition) is 8. The molecule has 0 aliphatic rings. The van der Waals surface area contributed by atoms with Crippen LogP contribution in [0.1, 0.15) is 312 Å². The molecular formula is C65H132O12S4. The van der Waals surface area contributed by atoms with E-state index in [0.29, 0.717) is 0 Å². The smallest absolute Gasteiger partial charge is 0.316 e. The Morgan fingerprint density at radius 3 is 0.481 bits per heavy atom. The number of carboxylic acid groups (broad SMARTS) is 4. The Balaban J connectivity index is -0.000000302. The van der Waals surface area contributed by atoms with Crippen LogP contribution < -0.4 is 0 Å². The molecule has 0 saturated carbocycles. The molecule has 0 aromatic heterocycles. The minimum Gasteiger partial charge on any atom is -0.480 e. The van der Waals surface area contributed by atoms with Crippen molar-refractivity contribution < 1.29 is 60.0 Å². The average Bonchev–Trinajstić information content (AvgIpc) is 3.45. The van der Waals surface area contributed by atoms with Crippen molar-refractivity contribution in [2.24, 2.45) is 5.41 Å². The molecule has 4 atom stereocenters. The lowest BCUT2D eigenvalue weighted by Gasteiger charge is -2.23. The Bertz CT molecular complexity index is 1100. The molecular weight excluding hydrogens is 1100 g/mol. The van der Waals surface area contributed by atoms with Gasteiger partial charge in [-0.05, 0) is 76.4 Å². The minimum absolute atomic E-state index is 0.247. The maximum absolute atomic E-state index is 10.6. The van der Waals surface area contributed by atoms with Crippen LogP contribution in [0, 0.1) is 5.41 Å². The molecule has 8 N–H and O–H groups in total. The van der Waals surface area contributed by atoms with Crippen molar-refractivity contribution in [3.8, 4) is 0 Å². The van der Waals surface area contributed by atoms with E-state index in [1.165, 1.54) is 231 Å². The molecule has 0 saturated heterocycles. The van der Waals surface area contributed by atoms with E-state index >= 15 is 0 Å². The molecule has 0 aliphatic heterocycles. The molecule has 0 heterocycles. The fraction of sp³-hybridized carbons (Fsp3) is 0.938. The molecule has 0 aromatic rings. The molecule has 0 fully saturated rings. The molecule has 488 valence electrons. The molecule has 0 amide bonds. The van der Waals surface area contributed by atoms with Crippen molar-refractivity contribution in [3.63, 3.8) is 0 Å². The zero-order chi connectivity index (χ0) is 61.9. The third-order valence-electron chi connectivity index (χ3n) is 14.2. The summed E-state index contributed by atoms with van der Waals surface area (Å²) in [7, 11) is 0. The van der Waals surface area contributed by atoms with Crippen LogP contribution in [0.4, 0.5) is 0 Å². The van der Waals surface area contributed by atoms with Gasteiger partial charge in [-0.2, -0.15) is 0 Å². The molecule has 0 rings (SSSR count). The summed E-state index contributed by atoms with van der Waals surface area (Å²) in [5, 5.41) is 67.9. The Hall–Kier alpha value is -0.880. The molecule has 81 heavy (non-hydrogen) atoms. The van der Waals surface area contributed by atoms with Gasteiger partial charge in [-0.3, -0.25) is 19.2 Å². The topological polar surface area (TPSA) is 230 Å². The minimum atomic E-state index is -1.11. The maximum Gasteiger partial charge on any atom is 0.316 e. The monoisotopic (exact) mass is 1230 g/mol. The van der Waals surface area contributed by atoms with E-state index in [2.05, 4.69) is 27.7 Å². The summed E-state index contributed by atoms with van der Waals surface area (Å²) in [4.78, 5) is 42.4. The zero-order valence-corrected chi connectivity index (χ0v) is 56.9. The Morgan fingerprint density at radius 2 is 0.383 bits per heavy atom. The van der Waals surface area contributed by atoms with Crippen LogP contribution >= 0.6 is 47.0 Å². The molecule has 0 aliphatic carbocycles. The van der Waals surface area contributed by atoms with E-state index in [-0.39, 0.29) is 21.0 Å². The zero-order valence-electron chi connectivity index (χ0n) is 53.6. The standard InChI is InChI=1S/4C15H30O2S.C5H12O4/c4*1-3-4-5-6-7-8-9-10-11-12-13-18-14(2)15(16)17;6-1-5(2-7,3-8)4-9/h4*14H,3-13H2,1-2H3,(H,16,17);6-9H,1-4H2. The first-order chi connectivity index (χ1) is 39.0. The summed E-state index contributed by atoms with van der Waals surface area (Å²) in [6.07, 6.45) is 53.5. The average molecular weight is 1230 g/mol. The normalized spacial score (nSPS) is 12.5. The number of aliphatic carboxylic acids is 4. The van der Waals surface area contributed by atoms with Crippen molar-refractivity contribution >= 4 is 70.9 Å². The lowest BCUT2D eigenvalue weighted by molar-refractivity contribution is -0.137. The number of aliphatic hydroxyl groups is 4. The molecule has 12 nitrogen and oxygen atoms in total. The number of carbonyl (C=O) groups is 4. The van der Waals surface area contributed by atoms with Gasteiger partial charge in [0, 0.05) is 0 Å². The highest BCUT2D eigenvalue weighted by Gasteiger charge is 2.26. The number of rotatable bonds is 56. The van der Waals surface area contributed by atoms with Crippen LogP contribution in [0.5, 0.6) is 0 Å². The van der Waals surface area contributed by atoms with Crippen molar-refractivity contribution in [1.29, 1.82) is 0 Å². The van der Waals surface area contributed by atoms with Crippen molar-refractivity contribution in [2.45, 2.75) is 333 Å². The first-order valence-electron chi connectivity index (χ1n) is 32.8. The van der Waals surface area contributed by atoms with E-state index in [4.69, 9.17) is 40.9 Å². The van der Waals surface area contributed by atoms with Gasteiger partial charge in [0.15, 0.2) is 0 Å². The van der Waals surface area contributed by atoms with Gasteiger partial charge in [0.25, 0.3) is 0 Å². The summed E-state index contributed by atoms with van der Waals surface area (Å²) in [5.41, 5.74) is -1.11. The summed E-state index contributed by atoms with van der Waals surface area (Å²) in [6.45, 7) is 14.5. The third-order valence-corrected chi connectivity index (χ3v) is 19.1. The Labute approximate surface area is 516 Å². The van der Waals surface area contributed by atoms with Crippen LogP contribution in [-0.2, 0) is 19.2 Å². The summed E-state index contributed by atoms with van der Waals surface area (Å²) in [5.74, 6) is 1.21. The predicted molar refractivity (Wildman–Crippen MR) is 356 cm³/mol. The number of aliphatic hydroxyl groups excluding tert-OH is 4. The van der Waals surface area contributed by atoms with Crippen LogP contribution in [-0.4, -0.2) is 135 Å². The van der Waals surface area contributed by atoms with Crippen LogP contribution in [0.15, 0.2) is 0 Å². The van der Waals surface area contributed by atoms with Gasteiger partial charge in [-0.25, -0.2) is 0 Å². The lowest BCUT2D eigenvalue weighted by Crippen LogP contribution is -2.37. The highest BCUT2D eigenvalue weighted by molar-refractivity contribution is 8.01. The second-order valence-corrected chi connectivity index (χ2v) is 28.1. The van der Waals surface area contributed by atoms with Crippen LogP contribution in [0.3, 0.4) is 0 Å². The second-order valence-electron chi connectivity index (χ2n) is 22.3. The van der Waals surface area contributed by atoms with Crippen LogP contribution in [0.2, 0.25) is 0 Å². The van der Waals surface area contributed by atoms with Gasteiger partial charge in [0.1, 0.15) is 0 Å². The number of carboxylic acids is 4. The summed E-state index contributed by atoms with van der Waals surface area (Å²) < 4.78 is 0. The van der Waals surface area contributed by atoms with E-state index < -0.39 is 55.7 Å². The van der Waals surface area contributed by atoms with Gasteiger partial charge in [-0.1, -0.05) is 259 Å². The molecule has 16 heteroatoms. The SMILES string of the molecule is CCCCCCCCCCCCSC(C)C(=O)O.CCCCCCCCCCCCSC(C)C(=O)O.CCCCCCCCCCCCSC(C)C(=O)O.CCCCCCCCCCCCSC(C)C(=O)O.OCC(CO)(CO)CO. The quantitative estimate of drug-likeness (QED) is 0.0265. The highest BCUT2D eigenvalue weighted by Crippen LogP contribution is 2.20. The molecule has 4 unspecified atom stereocenters. The van der Waals surface area contributed by atoms with Crippen molar-refractivity contribution in [1.82, 2.24) is 0 Å². The van der Waals surface area contributed by atoms with Crippen molar-refractivity contribution in [2.75, 3.05) is 49.4 Å². The van der Waals surface area contributed by atoms with Gasteiger partial charge < -0.3 is 40.9 Å². The molecule has 0 aromatic carbocycles. The third kappa shape index (κ3) is 75.2. The van der Waals surface area contributed by atoms with Gasteiger partial charge in [-0.15, -0.1) is 47.0 Å². The lowest BCUT2D eigenvalue weighted by atomic mass is 9.93. The first-order valence-corrected chi connectivity index (χ1v) is 37.0. The van der Waals surface area contributed by atoms with E-state index in [1.54, 1.807) is 74.7 Å².